The normalized spacial score (nSPS) is 12.8. The average Bonchev–Trinajstić information content (AvgIpc) is 2.81. The van der Waals surface area contributed by atoms with E-state index in [0.29, 0.717) is 0 Å². The van der Waals surface area contributed by atoms with Gasteiger partial charge < -0.3 is 5.32 Å². The summed E-state index contributed by atoms with van der Waals surface area (Å²) in [6, 6.07) is 5.88. The van der Waals surface area contributed by atoms with Gasteiger partial charge in [0, 0.05) is 11.6 Å². The number of hydrogen-bond donors (Lipinski definition) is 1. The first-order valence-electron chi connectivity index (χ1n) is 7.02. The molecule has 0 saturated carbocycles. The van der Waals surface area contributed by atoms with E-state index in [1.165, 1.54) is 30.4 Å². The van der Waals surface area contributed by atoms with Crippen LogP contribution < -0.4 is 5.32 Å². The number of nitrogens with zero attached hydrogens (tertiary/aromatic N) is 1. The molecule has 4 heteroatoms. The van der Waals surface area contributed by atoms with Crippen LogP contribution in [-0.4, -0.2) is 11.5 Å². The van der Waals surface area contributed by atoms with Gasteiger partial charge in [0.15, 0.2) is 5.13 Å². The van der Waals surface area contributed by atoms with Crippen molar-refractivity contribution in [3.8, 4) is 0 Å². The Morgan fingerprint density at radius 2 is 2.21 bits per heavy atom. The number of benzene rings is 1. The van der Waals surface area contributed by atoms with Crippen LogP contribution >= 0.6 is 22.9 Å². The molecule has 104 valence electrons. The summed E-state index contributed by atoms with van der Waals surface area (Å²) in [7, 11) is 0. The fourth-order valence-corrected chi connectivity index (χ4v) is 3.17. The number of hydrogen-bond acceptors (Lipinski definition) is 3. The van der Waals surface area contributed by atoms with Crippen LogP contribution in [0.4, 0.5) is 5.13 Å². The Labute approximate surface area is 124 Å². The topological polar surface area (TPSA) is 24.9 Å². The monoisotopic (exact) mass is 296 g/mol. The van der Waals surface area contributed by atoms with Gasteiger partial charge in [-0.1, -0.05) is 56.0 Å². The fraction of sp³-hybridized carbons (Fsp3) is 0.533. The standard InChI is InChI=1S/C15H21ClN2S/c1-3-5-6-11(4-2)10-17-15-18-13-9-12(16)7-8-14(13)19-15/h7-9,11H,3-6,10H2,1-2H3,(H,17,18). The fourth-order valence-electron chi connectivity index (χ4n) is 2.15. The van der Waals surface area contributed by atoms with E-state index in [2.05, 4.69) is 24.1 Å². The van der Waals surface area contributed by atoms with Crippen molar-refractivity contribution in [1.82, 2.24) is 4.98 Å². The predicted molar refractivity (Wildman–Crippen MR) is 86.4 cm³/mol. The van der Waals surface area contributed by atoms with Gasteiger partial charge in [-0.2, -0.15) is 0 Å². The molecule has 0 saturated heterocycles. The lowest BCUT2D eigenvalue weighted by molar-refractivity contribution is 0.473. The maximum absolute atomic E-state index is 5.98. The van der Waals surface area contributed by atoms with Gasteiger partial charge in [0.1, 0.15) is 0 Å². The van der Waals surface area contributed by atoms with E-state index in [4.69, 9.17) is 11.6 Å². The Hall–Kier alpha value is -0.800. The first kappa shape index (κ1) is 14.6. The zero-order chi connectivity index (χ0) is 13.7. The third kappa shape index (κ3) is 4.08. The van der Waals surface area contributed by atoms with E-state index in [1.54, 1.807) is 11.3 Å². The summed E-state index contributed by atoms with van der Waals surface area (Å²) in [5.74, 6) is 0.746. The highest BCUT2D eigenvalue weighted by Gasteiger charge is 2.08. The lowest BCUT2D eigenvalue weighted by Gasteiger charge is -2.14. The molecule has 0 aliphatic carbocycles. The maximum atomic E-state index is 5.98. The largest absolute Gasteiger partial charge is 0.361 e. The Bertz CT molecular complexity index is 524. The van der Waals surface area contributed by atoms with Crippen molar-refractivity contribution in [2.45, 2.75) is 39.5 Å². The van der Waals surface area contributed by atoms with Crippen molar-refractivity contribution in [3.05, 3.63) is 23.2 Å². The zero-order valence-corrected chi connectivity index (χ0v) is 13.2. The molecule has 0 amide bonds. The van der Waals surface area contributed by atoms with Gasteiger partial charge in [-0.15, -0.1) is 0 Å². The molecule has 0 aliphatic rings. The Morgan fingerprint density at radius 3 is 2.95 bits per heavy atom. The van der Waals surface area contributed by atoms with Gasteiger partial charge in [0.05, 0.1) is 10.2 Å². The molecule has 0 fully saturated rings. The molecule has 1 heterocycles. The van der Waals surface area contributed by atoms with Gasteiger partial charge >= 0.3 is 0 Å². The molecule has 1 aromatic carbocycles. The van der Waals surface area contributed by atoms with E-state index in [0.717, 1.165) is 28.1 Å². The lowest BCUT2D eigenvalue weighted by Crippen LogP contribution is -2.13. The van der Waals surface area contributed by atoms with Crippen LogP contribution in [0.2, 0.25) is 5.02 Å². The number of anilines is 1. The van der Waals surface area contributed by atoms with Gasteiger partial charge in [-0.25, -0.2) is 4.98 Å². The highest BCUT2D eigenvalue weighted by molar-refractivity contribution is 7.22. The SMILES string of the molecule is CCCCC(CC)CNc1nc2cc(Cl)ccc2s1. The Kier molecular flexibility index (Phi) is 5.46. The van der Waals surface area contributed by atoms with Gasteiger partial charge in [0.25, 0.3) is 0 Å². The molecule has 2 aromatic rings. The summed E-state index contributed by atoms with van der Waals surface area (Å²) in [5, 5.41) is 5.23. The molecule has 2 nitrogen and oxygen atoms in total. The molecule has 0 aliphatic heterocycles. The average molecular weight is 297 g/mol. The number of unbranched alkanes of at least 4 members (excludes halogenated alkanes) is 1. The molecule has 1 N–H and O–H groups in total. The summed E-state index contributed by atoms with van der Waals surface area (Å²) in [4.78, 5) is 4.58. The lowest BCUT2D eigenvalue weighted by atomic mass is 10.00. The van der Waals surface area contributed by atoms with Crippen LogP contribution in [0.3, 0.4) is 0 Å². The molecule has 1 aromatic heterocycles. The molecular formula is C15H21ClN2S. The third-order valence-corrected chi connectivity index (χ3v) is 4.66. The minimum absolute atomic E-state index is 0.746. The molecule has 1 atom stereocenters. The second-order valence-electron chi connectivity index (χ2n) is 4.93. The van der Waals surface area contributed by atoms with Crippen molar-refractivity contribution >= 4 is 38.3 Å². The minimum Gasteiger partial charge on any atom is -0.361 e. The van der Waals surface area contributed by atoms with Crippen molar-refractivity contribution in [2.24, 2.45) is 5.92 Å². The summed E-state index contributed by atoms with van der Waals surface area (Å²) in [5.41, 5.74) is 0.988. The second kappa shape index (κ2) is 7.11. The maximum Gasteiger partial charge on any atom is 0.183 e. The van der Waals surface area contributed by atoms with Crippen LogP contribution in [0, 0.1) is 5.92 Å². The van der Waals surface area contributed by atoms with Crippen molar-refractivity contribution < 1.29 is 0 Å². The Morgan fingerprint density at radius 1 is 1.37 bits per heavy atom. The van der Waals surface area contributed by atoms with E-state index in [9.17, 15) is 0 Å². The summed E-state index contributed by atoms with van der Waals surface area (Å²) in [6.07, 6.45) is 5.12. The van der Waals surface area contributed by atoms with E-state index in [-0.39, 0.29) is 0 Å². The second-order valence-corrected chi connectivity index (χ2v) is 6.40. The molecule has 0 bridgehead atoms. The van der Waals surface area contributed by atoms with Gasteiger partial charge in [0.2, 0.25) is 0 Å². The zero-order valence-electron chi connectivity index (χ0n) is 11.6. The van der Waals surface area contributed by atoms with E-state index in [1.807, 2.05) is 18.2 Å². The first-order valence-corrected chi connectivity index (χ1v) is 8.22. The molecular weight excluding hydrogens is 276 g/mol. The number of aromatic nitrogens is 1. The van der Waals surface area contributed by atoms with Crippen molar-refractivity contribution in [1.29, 1.82) is 0 Å². The highest BCUT2D eigenvalue weighted by atomic mass is 35.5. The third-order valence-electron chi connectivity index (χ3n) is 3.43. The molecule has 0 spiro atoms. The van der Waals surface area contributed by atoms with Crippen LogP contribution in [0.25, 0.3) is 10.2 Å². The van der Waals surface area contributed by atoms with Gasteiger partial charge in [-0.3, -0.25) is 0 Å². The quantitative estimate of drug-likeness (QED) is 0.721. The number of fused-ring (bicyclic) bond motifs is 1. The smallest absolute Gasteiger partial charge is 0.183 e. The van der Waals surface area contributed by atoms with Gasteiger partial charge in [-0.05, 0) is 30.5 Å². The molecule has 1 unspecified atom stereocenters. The first-order chi connectivity index (χ1) is 9.22. The predicted octanol–water partition coefficient (Wildman–Crippen LogP) is 5.58. The van der Waals surface area contributed by atoms with E-state index < -0.39 is 0 Å². The minimum atomic E-state index is 0.746. The summed E-state index contributed by atoms with van der Waals surface area (Å²) in [6.45, 7) is 5.53. The van der Waals surface area contributed by atoms with E-state index >= 15 is 0 Å². The molecule has 19 heavy (non-hydrogen) atoms. The van der Waals surface area contributed by atoms with Crippen LogP contribution in [-0.2, 0) is 0 Å². The molecule has 0 radical (unpaired) electrons. The van der Waals surface area contributed by atoms with Crippen LogP contribution in [0.15, 0.2) is 18.2 Å². The highest BCUT2D eigenvalue weighted by Crippen LogP contribution is 2.28. The summed E-state index contributed by atoms with van der Waals surface area (Å²) < 4.78 is 1.19. The summed E-state index contributed by atoms with van der Waals surface area (Å²) >= 11 is 7.68. The number of thiazole rings is 1. The van der Waals surface area contributed by atoms with Crippen molar-refractivity contribution in [3.63, 3.8) is 0 Å². The Balaban J connectivity index is 1.97. The number of halogens is 1. The number of rotatable bonds is 7. The molecule has 2 rings (SSSR count). The van der Waals surface area contributed by atoms with Crippen molar-refractivity contribution in [2.75, 3.05) is 11.9 Å². The van der Waals surface area contributed by atoms with Crippen LogP contribution in [0.5, 0.6) is 0 Å². The van der Waals surface area contributed by atoms with Crippen LogP contribution in [0.1, 0.15) is 39.5 Å². The number of nitrogens with one attached hydrogen (secondary N) is 1.